The van der Waals surface area contributed by atoms with Crippen molar-refractivity contribution in [3.8, 4) is 0 Å². The molecular formula is C20H24N4O2S3. The van der Waals surface area contributed by atoms with Crippen LogP contribution in [0.5, 0.6) is 0 Å². The minimum absolute atomic E-state index is 0.0886. The molecule has 0 aliphatic carbocycles. The number of carbonyl (C=O) groups excluding carboxylic acids is 2. The molecule has 0 unspecified atom stereocenters. The molecule has 0 amide bonds. The summed E-state index contributed by atoms with van der Waals surface area (Å²) in [5, 5.41) is 8.30. The van der Waals surface area contributed by atoms with E-state index < -0.39 is 0 Å². The number of hydrogen-bond acceptors (Lipinski definition) is 7. The van der Waals surface area contributed by atoms with Crippen molar-refractivity contribution in [1.82, 2.24) is 19.3 Å². The zero-order valence-corrected chi connectivity index (χ0v) is 19.8. The van der Waals surface area contributed by atoms with Crippen LogP contribution in [0.2, 0.25) is 0 Å². The van der Waals surface area contributed by atoms with Gasteiger partial charge in [-0.2, -0.15) is 0 Å². The predicted octanol–water partition coefficient (Wildman–Crippen LogP) is 4.40. The number of ketones is 2. The van der Waals surface area contributed by atoms with E-state index >= 15 is 0 Å². The number of thioether (sulfide) groups is 2. The normalized spacial score (nSPS) is 11.2. The van der Waals surface area contributed by atoms with Crippen molar-refractivity contribution >= 4 is 46.4 Å². The molecule has 0 aromatic carbocycles. The van der Waals surface area contributed by atoms with Crippen molar-refractivity contribution in [3.05, 3.63) is 46.0 Å². The van der Waals surface area contributed by atoms with Crippen LogP contribution in [0.1, 0.15) is 43.5 Å². The van der Waals surface area contributed by atoms with E-state index in [4.69, 9.17) is 0 Å². The first kappa shape index (κ1) is 21.9. The van der Waals surface area contributed by atoms with Crippen LogP contribution in [0.15, 0.2) is 20.8 Å². The van der Waals surface area contributed by atoms with Gasteiger partial charge in [0.15, 0.2) is 20.2 Å². The molecule has 0 atom stereocenters. The van der Waals surface area contributed by atoms with Gasteiger partial charge in [0.1, 0.15) is 0 Å². The van der Waals surface area contributed by atoms with Gasteiger partial charge in [0.25, 0.3) is 0 Å². The molecule has 9 heteroatoms. The van der Waals surface area contributed by atoms with E-state index in [-0.39, 0.29) is 11.6 Å². The number of nitrogens with zero attached hydrogens (tertiary/aromatic N) is 4. The first-order chi connectivity index (χ1) is 13.7. The second kappa shape index (κ2) is 8.89. The van der Waals surface area contributed by atoms with Gasteiger partial charge >= 0.3 is 0 Å². The van der Waals surface area contributed by atoms with Crippen LogP contribution < -0.4 is 0 Å². The number of rotatable bonds is 8. The molecule has 154 valence electrons. The van der Waals surface area contributed by atoms with Gasteiger partial charge in [-0.3, -0.25) is 9.59 Å². The lowest BCUT2D eigenvalue weighted by atomic mass is 10.2. The van der Waals surface area contributed by atoms with Crippen LogP contribution in [0.3, 0.4) is 0 Å². The van der Waals surface area contributed by atoms with Crippen LogP contribution in [0, 0.1) is 27.7 Å². The predicted molar refractivity (Wildman–Crippen MR) is 120 cm³/mol. The van der Waals surface area contributed by atoms with Crippen LogP contribution in [0.4, 0.5) is 0 Å². The second-order valence-corrected chi connectivity index (χ2v) is 10.4. The second-order valence-electron chi connectivity index (χ2n) is 6.95. The molecule has 0 radical (unpaired) electrons. The maximum Gasteiger partial charge on any atom is 0.175 e. The summed E-state index contributed by atoms with van der Waals surface area (Å²) in [5.74, 6) is 0.826. The Morgan fingerprint density at radius 2 is 1.21 bits per heavy atom. The maximum atomic E-state index is 12.5. The zero-order valence-electron chi connectivity index (χ0n) is 17.4. The first-order valence-corrected chi connectivity index (χ1v) is 11.9. The molecule has 0 saturated heterocycles. The molecule has 0 spiro atoms. The number of carbonyl (C=O) groups is 2. The van der Waals surface area contributed by atoms with Crippen LogP contribution in [0.25, 0.3) is 0 Å². The van der Waals surface area contributed by atoms with Gasteiger partial charge in [-0.25, -0.2) is 0 Å². The summed E-state index contributed by atoms with van der Waals surface area (Å²) in [4.78, 5) is 25.0. The highest BCUT2D eigenvalue weighted by atomic mass is 32.2. The van der Waals surface area contributed by atoms with Crippen LogP contribution in [-0.4, -0.2) is 42.4 Å². The molecule has 29 heavy (non-hydrogen) atoms. The fraction of sp³-hybridized carbons (Fsp3) is 0.400. The number of Topliss-reactive ketones (excluding diaryl/α,β-unsaturated/α-hetero) is 2. The maximum absolute atomic E-state index is 12.5. The fourth-order valence-corrected chi connectivity index (χ4v) is 5.79. The Labute approximate surface area is 183 Å². The minimum Gasteiger partial charge on any atom is -0.351 e. The highest BCUT2D eigenvalue weighted by molar-refractivity contribution is 8.03. The molecule has 3 heterocycles. The summed E-state index contributed by atoms with van der Waals surface area (Å²) in [7, 11) is 3.92. The molecule has 0 N–H and O–H groups in total. The van der Waals surface area contributed by atoms with Crippen molar-refractivity contribution in [2.24, 2.45) is 14.1 Å². The topological polar surface area (TPSA) is 69.8 Å². The molecule has 3 rings (SSSR count). The van der Waals surface area contributed by atoms with Gasteiger partial charge in [-0.1, -0.05) is 34.9 Å². The quantitative estimate of drug-likeness (QED) is 0.376. The average Bonchev–Trinajstić information content (AvgIpc) is 3.34. The molecule has 0 aliphatic heterocycles. The van der Waals surface area contributed by atoms with Crippen molar-refractivity contribution < 1.29 is 9.59 Å². The first-order valence-electron chi connectivity index (χ1n) is 9.10. The van der Waals surface area contributed by atoms with Gasteiger partial charge in [-0.15, -0.1) is 10.2 Å². The van der Waals surface area contributed by atoms with Crippen LogP contribution in [-0.2, 0) is 14.1 Å². The van der Waals surface area contributed by atoms with Gasteiger partial charge in [0, 0.05) is 48.0 Å². The van der Waals surface area contributed by atoms with E-state index in [0.717, 1.165) is 42.6 Å². The Kier molecular flexibility index (Phi) is 6.70. The standard InChI is InChI=1S/C20H24N4O2S3/c1-11-7-15(13(3)23(11)5)17(25)9-27-19-21-22-20(29-19)28-10-18(26)16-8-12(2)24(6)14(16)4/h7-8H,9-10H2,1-6H3. The third kappa shape index (κ3) is 4.67. The fourth-order valence-electron chi connectivity index (χ4n) is 3.00. The Balaban J connectivity index is 1.55. The molecule has 0 bridgehead atoms. The zero-order chi connectivity index (χ0) is 21.3. The molecule has 3 aromatic rings. The SMILES string of the molecule is Cc1cc(C(=O)CSc2nnc(SCC(=O)c3cc(C)n(C)c3C)s2)c(C)n1C. The third-order valence-electron chi connectivity index (χ3n) is 5.19. The smallest absolute Gasteiger partial charge is 0.175 e. The minimum atomic E-state index is 0.0886. The van der Waals surface area contributed by atoms with E-state index in [9.17, 15) is 9.59 Å². The largest absolute Gasteiger partial charge is 0.351 e. The average molecular weight is 449 g/mol. The van der Waals surface area contributed by atoms with Gasteiger partial charge in [-0.05, 0) is 39.8 Å². The number of aryl methyl sites for hydroxylation is 2. The van der Waals surface area contributed by atoms with Crippen LogP contribution >= 0.6 is 34.9 Å². The Hall–Kier alpha value is -1.84. The van der Waals surface area contributed by atoms with E-state index in [1.165, 1.54) is 34.9 Å². The summed E-state index contributed by atoms with van der Waals surface area (Å²) in [6, 6.07) is 3.86. The summed E-state index contributed by atoms with van der Waals surface area (Å²) >= 11 is 4.20. The summed E-state index contributed by atoms with van der Waals surface area (Å²) in [6.07, 6.45) is 0. The molecular weight excluding hydrogens is 424 g/mol. The van der Waals surface area contributed by atoms with Crippen molar-refractivity contribution in [2.45, 2.75) is 36.4 Å². The van der Waals surface area contributed by atoms with E-state index in [2.05, 4.69) is 10.2 Å². The lowest BCUT2D eigenvalue weighted by Gasteiger charge is -2.01. The summed E-state index contributed by atoms with van der Waals surface area (Å²) < 4.78 is 5.52. The Morgan fingerprint density at radius 1 is 0.828 bits per heavy atom. The van der Waals surface area contributed by atoms with E-state index in [1.54, 1.807) is 0 Å². The monoisotopic (exact) mass is 448 g/mol. The van der Waals surface area contributed by atoms with Crippen molar-refractivity contribution in [1.29, 1.82) is 0 Å². The molecule has 3 aromatic heterocycles. The van der Waals surface area contributed by atoms with Gasteiger partial charge in [0.2, 0.25) is 0 Å². The summed E-state index contributed by atoms with van der Waals surface area (Å²) in [5.41, 5.74) is 5.61. The van der Waals surface area contributed by atoms with E-state index in [1.807, 2.05) is 63.1 Å². The highest BCUT2D eigenvalue weighted by Crippen LogP contribution is 2.30. The highest BCUT2D eigenvalue weighted by Gasteiger charge is 2.17. The Morgan fingerprint density at radius 3 is 1.52 bits per heavy atom. The molecule has 0 aliphatic rings. The molecule has 6 nitrogen and oxygen atoms in total. The van der Waals surface area contributed by atoms with Crippen molar-refractivity contribution in [2.75, 3.05) is 11.5 Å². The lowest BCUT2D eigenvalue weighted by Crippen LogP contribution is -2.04. The lowest BCUT2D eigenvalue weighted by molar-refractivity contribution is 0.101. The van der Waals surface area contributed by atoms with Crippen molar-refractivity contribution in [3.63, 3.8) is 0 Å². The van der Waals surface area contributed by atoms with Gasteiger partial charge in [0.05, 0.1) is 11.5 Å². The summed E-state index contributed by atoms with van der Waals surface area (Å²) in [6.45, 7) is 7.89. The number of hydrogen-bond donors (Lipinski definition) is 0. The van der Waals surface area contributed by atoms with Gasteiger partial charge < -0.3 is 9.13 Å². The van der Waals surface area contributed by atoms with E-state index in [0.29, 0.717) is 11.5 Å². The molecule has 0 fully saturated rings. The Bertz CT molecular complexity index is 995. The number of aromatic nitrogens is 4. The molecule has 0 saturated carbocycles. The third-order valence-corrected chi connectivity index (χ3v) is 8.38.